The average molecular weight is 792 g/mol. The maximum absolute atomic E-state index is 5.69. The molecule has 3 heteroatoms. The van der Waals surface area contributed by atoms with E-state index in [1.165, 1.54) is 16.7 Å². The fourth-order valence-electron chi connectivity index (χ4n) is 9.02. The number of nitrogens with zero attached hydrogens (tertiary/aromatic N) is 3. The Balaban J connectivity index is 1.29. The molecule has 0 radical (unpaired) electrons. The summed E-state index contributed by atoms with van der Waals surface area (Å²) in [6.07, 6.45) is 0. The molecule has 0 amide bonds. The van der Waals surface area contributed by atoms with Crippen molar-refractivity contribution in [2.75, 3.05) is 4.90 Å². The Labute approximate surface area is 362 Å². The van der Waals surface area contributed by atoms with Crippen LogP contribution in [0.3, 0.4) is 0 Å². The van der Waals surface area contributed by atoms with Crippen LogP contribution in [0.1, 0.15) is 0 Å². The summed E-state index contributed by atoms with van der Waals surface area (Å²) in [6, 6.07) is 88.9. The molecule has 0 N–H and O–H groups in total. The van der Waals surface area contributed by atoms with Gasteiger partial charge in [-0.25, -0.2) is 4.52 Å². The molecule has 62 heavy (non-hydrogen) atoms. The van der Waals surface area contributed by atoms with Crippen LogP contribution in [0.4, 0.5) is 17.1 Å². The number of anilines is 3. The first-order chi connectivity index (χ1) is 30.8. The third kappa shape index (κ3) is 6.53. The van der Waals surface area contributed by atoms with Crippen LogP contribution in [0.5, 0.6) is 0 Å². The first-order valence-corrected chi connectivity index (χ1v) is 21.1. The van der Waals surface area contributed by atoms with Gasteiger partial charge in [0.05, 0.1) is 22.6 Å². The Kier molecular flexibility index (Phi) is 9.53. The topological polar surface area (TPSA) is 20.5 Å². The fraction of sp³-hybridized carbons (Fsp3) is 0. The van der Waals surface area contributed by atoms with Crippen molar-refractivity contribution in [1.82, 2.24) is 9.61 Å². The van der Waals surface area contributed by atoms with Crippen LogP contribution in [0.25, 0.3) is 83.3 Å². The van der Waals surface area contributed by atoms with Crippen molar-refractivity contribution < 1.29 is 0 Å². The van der Waals surface area contributed by atoms with E-state index in [1.54, 1.807) is 0 Å². The van der Waals surface area contributed by atoms with Crippen molar-refractivity contribution in [3.8, 4) is 67.0 Å². The van der Waals surface area contributed by atoms with Gasteiger partial charge in [-0.1, -0.05) is 231 Å². The van der Waals surface area contributed by atoms with Crippen molar-refractivity contribution >= 4 is 33.4 Å². The number of pyridine rings is 1. The molecule has 0 atom stereocenters. The lowest BCUT2D eigenvalue weighted by molar-refractivity contribution is 0.976. The molecule has 2 heterocycles. The molecule has 3 nitrogen and oxygen atoms in total. The number of benzene rings is 9. The minimum absolute atomic E-state index is 0.937. The van der Waals surface area contributed by atoms with E-state index in [4.69, 9.17) is 5.10 Å². The van der Waals surface area contributed by atoms with Crippen LogP contribution in [0.2, 0.25) is 0 Å². The van der Waals surface area contributed by atoms with Gasteiger partial charge in [-0.05, 0) is 51.6 Å². The molecule has 0 aliphatic rings. The number of hydrogen-bond donors (Lipinski definition) is 0. The smallest absolute Gasteiger partial charge is 0.101 e. The summed E-state index contributed by atoms with van der Waals surface area (Å²) in [5, 5.41) is 7.93. The Bertz CT molecular complexity index is 3310. The number of para-hydroxylation sites is 1. The molecule has 292 valence electrons. The largest absolute Gasteiger partial charge is 0.307 e. The quantitative estimate of drug-likeness (QED) is 0.145. The standard InChI is InChI=1S/C59H41N3/c1-6-22-42(23-7-1)43-38-40-48(41-39-43)61(54-37-21-20-34-51(54)50-33-17-16-32-49(50)44-24-8-2-9-25-44)59-53-36-19-18-35-52(53)58-55(45-26-10-3-11-27-45)56(46-28-12-4-13-29-46)60-62(58)57(59)47-30-14-5-15-31-47/h1-41H. The Morgan fingerprint density at radius 1 is 0.323 bits per heavy atom. The van der Waals surface area contributed by atoms with E-state index in [0.717, 1.165) is 83.7 Å². The molecule has 0 unspecified atom stereocenters. The van der Waals surface area contributed by atoms with Crippen molar-refractivity contribution in [2.24, 2.45) is 0 Å². The Morgan fingerprint density at radius 2 is 0.774 bits per heavy atom. The Hall–Kier alpha value is -8.27. The molecule has 0 saturated heterocycles. The van der Waals surface area contributed by atoms with Gasteiger partial charge >= 0.3 is 0 Å². The summed E-state index contributed by atoms with van der Waals surface area (Å²) in [7, 11) is 0. The molecule has 2 aromatic heterocycles. The summed E-state index contributed by atoms with van der Waals surface area (Å²) in [6.45, 7) is 0. The lowest BCUT2D eigenvalue weighted by Gasteiger charge is -2.32. The zero-order valence-corrected chi connectivity index (χ0v) is 34.0. The molecule has 0 bridgehead atoms. The minimum Gasteiger partial charge on any atom is -0.307 e. The summed E-state index contributed by atoms with van der Waals surface area (Å²) in [5.74, 6) is 0. The van der Waals surface area contributed by atoms with Gasteiger partial charge in [-0.2, -0.15) is 5.10 Å². The van der Waals surface area contributed by atoms with E-state index < -0.39 is 0 Å². The minimum atomic E-state index is 0.937. The van der Waals surface area contributed by atoms with E-state index in [1.807, 2.05) is 0 Å². The van der Waals surface area contributed by atoms with Crippen molar-refractivity contribution in [2.45, 2.75) is 0 Å². The van der Waals surface area contributed by atoms with Crippen LogP contribution >= 0.6 is 0 Å². The van der Waals surface area contributed by atoms with Crippen LogP contribution in [-0.4, -0.2) is 9.61 Å². The molecule has 11 rings (SSSR count). The molecule has 0 aliphatic carbocycles. The average Bonchev–Trinajstić information content (AvgIpc) is 3.77. The number of hydrogen-bond acceptors (Lipinski definition) is 2. The van der Waals surface area contributed by atoms with Crippen LogP contribution in [0, 0.1) is 0 Å². The molecule has 0 fully saturated rings. The molecule has 0 spiro atoms. The van der Waals surface area contributed by atoms with Gasteiger partial charge in [-0.15, -0.1) is 0 Å². The zero-order chi connectivity index (χ0) is 41.2. The number of aromatic nitrogens is 2. The zero-order valence-electron chi connectivity index (χ0n) is 34.0. The van der Waals surface area contributed by atoms with Crippen LogP contribution in [0.15, 0.2) is 249 Å². The lowest BCUT2D eigenvalue weighted by atomic mass is 9.92. The maximum Gasteiger partial charge on any atom is 0.101 e. The molecule has 0 aliphatic heterocycles. The van der Waals surface area contributed by atoms with Crippen molar-refractivity contribution in [3.63, 3.8) is 0 Å². The number of rotatable bonds is 9. The van der Waals surface area contributed by atoms with E-state index in [-0.39, 0.29) is 0 Å². The second-order valence-corrected chi connectivity index (χ2v) is 15.5. The highest BCUT2D eigenvalue weighted by atomic mass is 15.3. The molecular weight excluding hydrogens is 751 g/mol. The predicted molar refractivity (Wildman–Crippen MR) is 260 cm³/mol. The lowest BCUT2D eigenvalue weighted by Crippen LogP contribution is -2.15. The summed E-state index contributed by atoms with van der Waals surface area (Å²) in [5.41, 5.74) is 17.5. The molecular formula is C59H41N3. The normalized spacial score (nSPS) is 11.2. The van der Waals surface area contributed by atoms with Gasteiger partial charge in [0.25, 0.3) is 0 Å². The highest BCUT2D eigenvalue weighted by molar-refractivity contribution is 6.16. The van der Waals surface area contributed by atoms with Gasteiger partial charge in [0.15, 0.2) is 0 Å². The summed E-state index contributed by atoms with van der Waals surface area (Å²) in [4.78, 5) is 2.47. The monoisotopic (exact) mass is 791 g/mol. The van der Waals surface area contributed by atoms with E-state index in [0.29, 0.717) is 0 Å². The summed E-state index contributed by atoms with van der Waals surface area (Å²) >= 11 is 0. The fourth-order valence-corrected chi connectivity index (χ4v) is 9.02. The molecule has 11 aromatic rings. The Morgan fingerprint density at radius 3 is 1.40 bits per heavy atom. The van der Waals surface area contributed by atoms with Gasteiger partial charge < -0.3 is 4.90 Å². The van der Waals surface area contributed by atoms with E-state index >= 15 is 0 Å². The SMILES string of the molecule is c1ccc(-c2ccc(N(c3ccccc3-c3ccccc3-c3ccccc3)c3c(-c4ccccc4)n4nc(-c5ccccc5)c(-c5ccccc5)c4c4ccccc34)cc2)cc1. The summed E-state index contributed by atoms with van der Waals surface area (Å²) < 4.78 is 2.23. The van der Waals surface area contributed by atoms with Gasteiger partial charge in [0.2, 0.25) is 0 Å². The first kappa shape index (κ1) is 36.8. The third-order valence-corrected chi connectivity index (χ3v) is 11.8. The van der Waals surface area contributed by atoms with Gasteiger partial charge in [-0.3, -0.25) is 0 Å². The molecule has 9 aromatic carbocycles. The number of fused-ring (bicyclic) bond motifs is 3. The maximum atomic E-state index is 5.69. The highest BCUT2D eigenvalue weighted by Gasteiger charge is 2.29. The van der Waals surface area contributed by atoms with E-state index in [2.05, 4.69) is 258 Å². The van der Waals surface area contributed by atoms with Crippen molar-refractivity contribution in [1.29, 1.82) is 0 Å². The van der Waals surface area contributed by atoms with Gasteiger partial charge in [0.1, 0.15) is 5.69 Å². The van der Waals surface area contributed by atoms with Crippen molar-refractivity contribution in [3.05, 3.63) is 249 Å². The second-order valence-electron chi connectivity index (χ2n) is 15.5. The van der Waals surface area contributed by atoms with Crippen LogP contribution in [-0.2, 0) is 0 Å². The van der Waals surface area contributed by atoms with E-state index in [9.17, 15) is 0 Å². The predicted octanol–water partition coefficient (Wildman–Crippen LogP) is 16.0. The van der Waals surface area contributed by atoms with Gasteiger partial charge in [0, 0.05) is 38.7 Å². The molecule has 0 saturated carbocycles. The third-order valence-electron chi connectivity index (χ3n) is 11.8. The second kappa shape index (κ2) is 16.1. The van der Waals surface area contributed by atoms with Crippen LogP contribution < -0.4 is 4.90 Å². The first-order valence-electron chi connectivity index (χ1n) is 21.1. The highest BCUT2D eigenvalue weighted by Crippen LogP contribution is 2.51.